The van der Waals surface area contributed by atoms with Gasteiger partial charge >= 0.3 is 0 Å². The average molecular weight is 366 g/mol. The van der Waals surface area contributed by atoms with Crippen molar-refractivity contribution in [2.75, 3.05) is 18.6 Å². The highest BCUT2D eigenvalue weighted by molar-refractivity contribution is 6.00. The van der Waals surface area contributed by atoms with Gasteiger partial charge in [0, 0.05) is 36.3 Å². The maximum Gasteiger partial charge on any atom is 0.227 e. The van der Waals surface area contributed by atoms with E-state index in [-0.39, 0.29) is 24.2 Å². The summed E-state index contributed by atoms with van der Waals surface area (Å²) < 4.78 is 5.21. The van der Waals surface area contributed by atoms with Crippen LogP contribution in [0, 0.1) is 5.92 Å². The molecular weight excluding hydrogens is 344 g/mol. The van der Waals surface area contributed by atoms with Gasteiger partial charge in [0.25, 0.3) is 0 Å². The van der Waals surface area contributed by atoms with E-state index in [9.17, 15) is 9.59 Å². The molecule has 0 spiro atoms. The number of anilines is 1. The van der Waals surface area contributed by atoms with Crippen LogP contribution in [-0.4, -0.2) is 35.4 Å². The van der Waals surface area contributed by atoms with Crippen molar-refractivity contribution < 1.29 is 14.3 Å². The number of methoxy groups -OCH3 is 1. The van der Waals surface area contributed by atoms with E-state index in [1.165, 1.54) is 12.8 Å². The number of amides is 2. The minimum Gasteiger partial charge on any atom is -0.497 e. The molecule has 4 rings (SSSR count). The van der Waals surface area contributed by atoms with E-state index < -0.39 is 0 Å². The van der Waals surface area contributed by atoms with Gasteiger partial charge in [-0.25, -0.2) is 9.97 Å². The highest BCUT2D eigenvalue weighted by Gasteiger charge is 2.35. The van der Waals surface area contributed by atoms with Gasteiger partial charge in [-0.15, -0.1) is 0 Å². The van der Waals surface area contributed by atoms with Crippen molar-refractivity contribution in [1.82, 2.24) is 15.3 Å². The third-order valence-electron chi connectivity index (χ3n) is 5.05. The molecule has 27 heavy (non-hydrogen) atoms. The van der Waals surface area contributed by atoms with E-state index in [1.54, 1.807) is 24.4 Å². The first kappa shape index (κ1) is 17.5. The molecule has 1 unspecified atom stereocenters. The molecular formula is C20H22N4O3. The number of aromatic nitrogens is 2. The van der Waals surface area contributed by atoms with Gasteiger partial charge < -0.3 is 15.0 Å². The molecule has 2 aliphatic rings. The lowest BCUT2D eigenvalue weighted by Gasteiger charge is -2.17. The van der Waals surface area contributed by atoms with Gasteiger partial charge in [-0.3, -0.25) is 9.59 Å². The SMILES string of the molecule is COc1cccc(N2CC(C(=O)NCc3cc(C4CC4)ncn3)CC2=O)c1. The number of nitrogens with zero attached hydrogens (tertiary/aromatic N) is 3. The lowest BCUT2D eigenvalue weighted by molar-refractivity contribution is -0.126. The number of ether oxygens (including phenoxy) is 1. The number of carbonyl (C=O) groups is 2. The van der Waals surface area contributed by atoms with Crippen LogP contribution in [-0.2, 0) is 16.1 Å². The summed E-state index contributed by atoms with van der Waals surface area (Å²) in [5, 5.41) is 2.91. The Bertz CT molecular complexity index is 866. The molecule has 7 heteroatoms. The Labute approximate surface area is 157 Å². The zero-order valence-electron chi connectivity index (χ0n) is 15.2. The van der Waals surface area contributed by atoms with Crippen molar-refractivity contribution in [3.05, 3.63) is 48.0 Å². The molecule has 1 aliphatic carbocycles. The standard InChI is InChI=1S/C20H22N4O3/c1-27-17-4-2-3-16(9-17)24-11-14(7-19(24)25)20(26)21-10-15-8-18(13-5-6-13)23-12-22-15/h2-4,8-9,12-14H,5-7,10-11H2,1H3,(H,21,26). The molecule has 140 valence electrons. The average Bonchev–Trinajstić information content (AvgIpc) is 3.48. The Morgan fingerprint density at radius 2 is 2.15 bits per heavy atom. The highest BCUT2D eigenvalue weighted by Crippen LogP contribution is 2.38. The normalized spacial score (nSPS) is 19.2. The Balaban J connectivity index is 1.36. The van der Waals surface area contributed by atoms with Crippen LogP contribution in [0.4, 0.5) is 5.69 Å². The van der Waals surface area contributed by atoms with E-state index in [0.717, 1.165) is 17.1 Å². The van der Waals surface area contributed by atoms with Crippen LogP contribution in [0.3, 0.4) is 0 Å². The Morgan fingerprint density at radius 3 is 2.93 bits per heavy atom. The fourth-order valence-electron chi connectivity index (χ4n) is 3.35. The quantitative estimate of drug-likeness (QED) is 0.846. The second-order valence-corrected chi connectivity index (χ2v) is 7.03. The van der Waals surface area contributed by atoms with Crippen LogP contribution >= 0.6 is 0 Å². The lowest BCUT2D eigenvalue weighted by atomic mass is 10.1. The molecule has 1 aromatic heterocycles. The number of carbonyl (C=O) groups excluding carboxylic acids is 2. The summed E-state index contributed by atoms with van der Waals surface area (Å²) in [4.78, 5) is 35.1. The van der Waals surface area contributed by atoms with Gasteiger partial charge in [0.1, 0.15) is 12.1 Å². The van der Waals surface area contributed by atoms with Gasteiger partial charge in [-0.2, -0.15) is 0 Å². The molecule has 2 aromatic rings. The van der Waals surface area contributed by atoms with Crippen molar-refractivity contribution in [3.63, 3.8) is 0 Å². The summed E-state index contributed by atoms with van der Waals surface area (Å²) in [5.74, 6) is 0.685. The summed E-state index contributed by atoms with van der Waals surface area (Å²) in [6.07, 6.45) is 4.11. The largest absolute Gasteiger partial charge is 0.497 e. The summed E-state index contributed by atoms with van der Waals surface area (Å²) in [5.41, 5.74) is 2.60. The molecule has 1 N–H and O–H groups in total. The minimum absolute atomic E-state index is 0.0542. The smallest absolute Gasteiger partial charge is 0.227 e. The fourth-order valence-corrected chi connectivity index (χ4v) is 3.35. The summed E-state index contributed by atoms with van der Waals surface area (Å²) in [7, 11) is 1.59. The van der Waals surface area contributed by atoms with Crippen molar-refractivity contribution in [3.8, 4) is 5.75 Å². The third kappa shape index (κ3) is 3.92. The molecule has 1 aromatic carbocycles. The van der Waals surface area contributed by atoms with E-state index in [2.05, 4.69) is 15.3 Å². The predicted octanol–water partition coefficient (Wildman–Crippen LogP) is 2.03. The van der Waals surface area contributed by atoms with Crippen LogP contribution in [0.5, 0.6) is 5.75 Å². The zero-order valence-corrected chi connectivity index (χ0v) is 15.2. The van der Waals surface area contributed by atoms with Crippen molar-refractivity contribution in [2.45, 2.75) is 31.7 Å². The third-order valence-corrected chi connectivity index (χ3v) is 5.05. The van der Waals surface area contributed by atoms with Gasteiger partial charge in [0.2, 0.25) is 11.8 Å². The molecule has 1 aliphatic heterocycles. The monoisotopic (exact) mass is 366 g/mol. The summed E-state index contributed by atoms with van der Waals surface area (Å²) >= 11 is 0. The van der Waals surface area contributed by atoms with Crippen molar-refractivity contribution >= 4 is 17.5 Å². The van der Waals surface area contributed by atoms with E-state index in [0.29, 0.717) is 24.8 Å². The fraction of sp³-hybridized carbons (Fsp3) is 0.400. The van der Waals surface area contributed by atoms with Crippen molar-refractivity contribution in [1.29, 1.82) is 0 Å². The lowest BCUT2D eigenvalue weighted by Crippen LogP contribution is -2.32. The number of nitrogens with one attached hydrogen (secondary N) is 1. The van der Waals surface area contributed by atoms with E-state index in [1.807, 2.05) is 24.3 Å². The van der Waals surface area contributed by atoms with Crippen molar-refractivity contribution in [2.24, 2.45) is 5.92 Å². The van der Waals surface area contributed by atoms with Crippen LogP contribution in [0.15, 0.2) is 36.7 Å². The number of hydrogen-bond donors (Lipinski definition) is 1. The topological polar surface area (TPSA) is 84.4 Å². The molecule has 2 fully saturated rings. The predicted molar refractivity (Wildman–Crippen MR) is 99.3 cm³/mol. The molecule has 1 atom stereocenters. The molecule has 0 bridgehead atoms. The van der Waals surface area contributed by atoms with Gasteiger partial charge in [-0.1, -0.05) is 6.07 Å². The van der Waals surface area contributed by atoms with E-state index in [4.69, 9.17) is 4.74 Å². The van der Waals surface area contributed by atoms with Gasteiger partial charge in [0.05, 0.1) is 25.3 Å². The Hall–Kier alpha value is -2.96. The minimum atomic E-state index is -0.367. The second-order valence-electron chi connectivity index (χ2n) is 7.03. The Morgan fingerprint density at radius 1 is 1.30 bits per heavy atom. The highest BCUT2D eigenvalue weighted by atomic mass is 16.5. The first-order valence-corrected chi connectivity index (χ1v) is 9.17. The molecule has 2 heterocycles. The van der Waals surface area contributed by atoms with E-state index >= 15 is 0 Å². The maximum atomic E-state index is 12.5. The van der Waals surface area contributed by atoms with Crippen LogP contribution in [0.25, 0.3) is 0 Å². The maximum absolute atomic E-state index is 12.5. The molecule has 2 amide bonds. The first-order valence-electron chi connectivity index (χ1n) is 9.17. The molecule has 1 saturated heterocycles. The number of benzene rings is 1. The summed E-state index contributed by atoms with van der Waals surface area (Å²) in [6, 6.07) is 9.27. The van der Waals surface area contributed by atoms with Crippen LogP contribution in [0.1, 0.15) is 36.6 Å². The first-order chi connectivity index (χ1) is 13.1. The molecule has 7 nitrogen and oxygen atoms in total. The number of hydrogen-bond acceptors (Lipinski definition) is 5. The van der Waals surface area contributed by atoms with Gasteiger partial charge in [-0.05, 0) is 31.0 Å². The van der Waals surface area contributed by atoms with Crippen LogP contribution in [0.2, 0.25) is 0 Å². The molecule has 0 radical (unpaired) electrons. The summed E-state index contributed by atoms with van der Waals surface area (Å²) in [6.45, 7) is 0.722. The zero-order chi connectivity index (χ0) is 18.8. The number of rotatable bonds is 6. The Kier molecular flexibility index (Phi) is 4.75. The molecule has 1 saturated carbocycles. The van der Waals surface area contributed by atoms with Gasteiger partial charge in [0.15, 0.2) is 0 Å². The second kappa shape index (κ2) is 7.34. The van der Waals surface area contributed by atoms with Crippen LogP contribution < -0.4 is 15.0 Å².